The first-order valence-electron chi connectivity index (χ1n) is 3.74. The van der Waals surface area contributed by atoms with Gasteiger partial charge in [0.2, 0.25) is 0 Å². The van der Waals surface area contributed by atoms with Crippen molar-refractivity contribution in [2.45, 2.75) is 6.17 Å². The van der Waals surface area contributed by atoms with Crippen molar-refractivity contribution >= 4 is 33.3 Å². The van der Waals surface area contributed by atoms with Crippen LogP contribution >= 0.6 is 27.5 Å². The molecule has 14 heavy (non-hydrogen) atoms. The van der Waals surface area contributed by atoms with E-state index in [0.717, 1.165) is 6.07 Å². The molecular formula is C9H6BrClF2O. The second kappa shape index (κ2) is 4.84. The number of hydrogen-bond acceptors (Lipinski definition) is 1. The lowest BCUT2D eigenvalue weighted by atomic mass is 10.1. The first-order valence-corrected chi connectivity index (χ1v) is 5.06. The van der Waals surface area contributed by atoms with E-state index in [2.05, 4.69) is 15.9 Å². The van der Waals surface area contributed by atoms with Crippen LogP contribution in [0.4, 0.5) is 8.78 Å². The highest BCUT2D eigenvalue weighted by Gasteiger charge is 2.19. The normalized spacial score (nSPS) is 12.6. The number of benzene rings is 1. The molecule has 0 saturated carbocycles. The molecule has 0 heterocycles. The minimum atomic E-state index is -1.79. The van der Waals surface area contributed by atoms with Gasteiger partial charge in [-0.2, -0.15) is 0 Å². The molecule has 0 aliphatic heterocycles. The molecule has 0 N–H and O–H groups in total. The first-order chi connectivity index (χ1) is 6.56. The van der Waals surface area contributed by atoms with Crippen LogP contribution in [0.3, 0.4) is 0 Å². The van der Waals surface area contributed by atoms with Crippen LogP contribution in [0, 0.1) is 5.82 Å². The third-order valence-corrected chi connectivity index (χ3v) is 2.52. The van der Waals surface area contributed by atoms with Gasteiger partial charge in [-0.1, -0.05) is 6.07 Å². The van der Waals surface area contributed by atoms with Crippen LogP contribution in [0.1, 0.15) is 11.7 Å². The van der Waals surface area contributed by atoms with E-state index in [9.17, 15) is 13.6 Å². The molecule has 0 aromatic heterocycles. The van der Waals surface area contributed by atoms with Gasteiger partial charge in [-0.3, -0.25) is 4.79 Å². The summed E-state index contributed by atoms with van der Waals surface area (Å²) in [5.74, 6) is -1.62. The summed E-state index contributed by atoms with van der Waals surface area (Å²) in [6.07, 6.45) is -1.79. The van der Waals surface area contributed by atoms with Crippen molar-refractivity contribution in [3.8, 4) is 0 Å². The zero-order valence-electron chi connectivity index (χ0n) is 6.94. The van der Waals surface area contributed by atoms with Gasteiger partial charge in [-0.15, -0.1) is 11.6 Å². The standard InChI is InChI=1S/C9H6BrClF2O/c10-6-3-5(1-2-7(6)12)9(13)8(14)4-11/h1-3,9H,4H2. The van der Waals surface area contributed by atoms with Gasteiger partial charge in [0.05, 0.1) is 10.4 Å². The number of halogens is 4. The van der Waals surface area contributed by atoms with E-state index in [1.54, 1.807) is 0 Å². The van der Waals surface area contributed by atoms with E-state index in [4.69, 9.17) is 11.6 Å². The summed E-state index contributed by atoms with van der Waals surface area (Å²) in [7, 11) is 0. The zero-order chi connectivity index (χ0) is 10.7. The molecule has 76 valence electrons. The number of alkyl halides is 2. The Morgan fingerprint density at radius 3 is 2.71 bits per heavy atom. The second-order valence-corrected chi connectivity index (χ2v) is 3.76. The van der Waals surface area contributed by atoms with Gasteiger partial charge in [-0.05, 0) is 33.6 Å². The number of hydrogen-bond donors (Lipinski definition) is 0. The molecule has 1 rings (SSSR count). The molecule has 1 unspecified atom stereocenters. The van der Waals surface area contributed by atoms with Crippen LogP contribution < -0.4 is 0 Å². The Morgan fingerprint density at radius 1 is 1.57 bits per heavy atom. The van der Waals surface area contributed by atoms with Gasteiger partial charge in [0.25, 0.3) is 0 Å². The molecule has 0 amide bonds. The van der Waals surface area contributed by atoms with Crippen molar-refractivity contribution in [2.75, 3.05) is 5.88 Å². The molecule has 0 bridgehead atoms. The van der Waals surface area contributed by atoms with Crippen molar-refractivity contribution < 1.29 is 13.6 Å². The maximum Gasteiger partial charge on any atom is 0.186 e. The minimum Gasteiger partial charge on any atom is -0.295 e. The number of rotatable bonds is 3. The Morgan fingerprint density at radius 2 is 2.21 bits per heavy atom. The fourth-order valence-corrected chi connectivity index (χ4v) is 1.46. The molecule has 1 atom stereocenters. The summed E-state index contributed by atoms with van der Waals surface area (Å²) in [5.41, 5.74) is 0.101. The Balaban J connectivity index is 2.96. The maximum absolute atomic E-state index is 13.3. The number of ketones is 1. The molecule has 0 fully saturated rings. The molecule has 1 aromatic rings. The lowest BCUT2D eigenvalue weighted by Gasteiger charge is -2.06. The van der Waals surface area contributed by atoms with Crippen molar-refractivity contribution in [2.24, 2.45) is 0 Å². The van der Waals surface area contributed by atoms with Crippen LogP contribution in [0.5, 0.6) is 0 Å². The quantitative estimate of drug-likeness (QED) is 0.777. The Kier molecular flexibility index (Phi) is 4.01. The smallest absolute Gasteiger partial charge is 0.186 e. The summed E-state index contributed by atoms with van der Waals surface area (Å²) in [6.45, 7) is 0. The Hall–Kier alpha value is -0.480. The van der Waals surface area contributed by atoms with E-state index in [1.807, 2.05) is 0 Å². The highest BCUT2D eigenvalue weighted by Crippen LogP contribution is 2.24. The van der Waals surface area contributed by atoms with Crippen LogP contribution in [-0.4, -0.2) is 11.7 Å². The highest BCUT2D eigenvalue weighted by molar-refractivity contribution is 9.10. The zero-order valence-corrected chi connectivity index (χ0v) is 9.28. The maximum atomic E-state index is 13.3. The summed E-state index contributed by atoms with van der Waals surface area (Å²) in [4.78, 5) is 10.9. The molecule has 0 saturated heterocycles. The second-order valence-electron chi connectivity index (χ2n) is 2.64. The van der Waals surface area contributed by atoms with Gasteiger partial charge in [0.1, 0.15) is 5.82 Å². The molecule has 1 nitrogen and oxygen atoms in total. The van der Waals surface area contributed by atoms with Gasteiger partial charge >= 0.3 is 0 Å². The van der Waals surface area contributed by atoms with Crippen molar-refractivity contribution in [3.63, 3.8) is 0 Å². The molecule has 1 aromatic carbocycles. The summed E-state index contributed by atoms with van der Waals surface area (Å²) >= 11 is 8.09. The molecular weight excluding hydrogens is 277 g/mol. The van der Waals surface area contributed by atoms with Gasteiger partial charge in [-0.25, -0.2) is 8.78 Å². The number of carbonyl (C=O) groups excluding carboxylic acids is 1. The predicted molar refractivity (Wildman–Crippen MR) is 53.7 cm³/mol. The Labute approximate surface area is 93.2 Å². The van der Waals surface area contributed by atoms with Crippen LogP contribution in [0.2, 0.25) is 0 Å². The van der Waals surface area contributed by atoms with E-state index in [0.29, 0.717) is 0 Å². The van der Waals surface area contributed by atoms with Gasteiger partial charge in [0, 0.05) is 0 Å². The summed E-state index contributed by atoms with van der Waals surface area (Å²) < 4.78 is 26.2. The van der Waals surface area contributed by atoms with Crippen molar-refractivity contribution in [1.29, 1.82) is 0 Å². The van der Waals surface area contributed by atoms with E-state index >= 15 is 0 Å². The van der Waals surface area contributed by atoms with Crippen LogP contribution in [0.15, 0.2) is 22.7 Å². The lowest BCUT2D eigenvalue weighted by Crippen LogP contribution is -2.09. The van der Waals surface area contributed by atoms with E-state index in [-0.39, 0.29) is 10.0 Å². The SMILES string of the molecule is O=C(CCl)C(F)c1ccc(F)c(Br)c1. The van der Waals surface area contributed by atoms with Crippen molar-refractivity contribution in [3.05, 3.63) is 34.1 Å². The largest absolute Gasteiger partial charge is 0.295 e. The third-order valence-electron chi connectivity index (χ3n) is 1.65. The van der Waals surface area contributed by atoms with Crippen molar-refractivity contribution in [1.82, 2.24) is 0 Å². The molecule has 0 spiro atoms. The summed E-state index contributed by atoms with van der Waals surface area (Å²) in [6, 6.07) is 3.53. The lowest BCUT2D eigenvalue weighted by molar-refractivity contribution is -0.121. The molecule has 0 aliphatic carbocycles. The average Bonchev–Trinajstić information content (AvgIpc) is 2.20. The fraction of sp³-hybridized carbons (Fsp3) is 0.222. The molecule has 5 heteroatoms. The third kappa shape index (κ3) is 2.51. The first kappa shape index (κ1) is 11.6. The average molecular weight is 283 g/mol. The molecule has 0 radical (unpaired) electrons. The predicted octanol–water partition coefficient (Wildman–Crippen LogP) is 3.41. The van der Waals surface area contributed by atoms with E-state index in [1.165, 1.54) is 12.1 Å². The van der Waals surface area contributed by atoms with Crippen LogP contribution in [-0.2, 0) is 4.79 Å². The minimum absolute atomic E-state index is 0.101. The fourth-order valence-electron chi connectivity index (χ4n) is 0.924. The number of carbonyl (C=O) groups is 1. The van der Waals surface area contributed by atoms with E-state index < -0.39 is 23.7 Å². The van der Waals surface area contributed by atoms with Gasteiger partial charge < -0.3 is 0 Å². The summed E-state index contributed by atoms with van der Waals surface area (Å²) in [5, 5.41) is 0. The van der Waals surface area contributed by atoms with Crippen LogP contribution in [0.25, 0.3) is 0 Å². The molecule has 0 aliphatic rings. The topological polar surface area (TPSA) is 17.1 Å². The number of Topliss-reactive ketones (excluding diaryl/α,β-unsaturated/α-hetero) is 1. The Bertz CT molecular complexity index is 357. The monoisotopic (exact) mass is 282 g/mol. The van der Waals surface area contributed by atoms with Gasteiger partial charge in [0.15, 0.2) is 12.0 Å². The highest BCUT2D eigenvalue weighted by atomic mass is 79.9.